The van der Waals surface area contributed by atoms with Gasteiger partial charge in [-0.3, -0.25) is 9.69 Å². The first kappa shape index (κ1) is 22.9. The fourth-order valence-electron chi connectivity index (χ4n) is 4.50. The molecule has 1 aromatic heterocycles. The number of carbonyl (C=O) groups excluding carboxylic acids is 1. The predicted octanol–water partition coefficient (Wildman–Crippen LogP) is 4.63. The average Bonchev–Trinajstić information content (AvgIpc) is 3.43. The van der Waals surface area contributed by atoms with Gasteiger partial charge in [0.05, 0.1) is 12.3 Å². The maximum atomic E-state index is 13.3. The quantitative estimate of drug-likeness (QED) is 0.404. The van der Waals surface area contributed by atoms with Crippen LogP contribution in [-0.2, 0) is 4.79 Å². The van der Waals surface area contributed by atoms with E-state index in [0.29, 0.717) is 12.3 Å². The Labute approximate surface area is 203 Å². The highest BCUT2D eigenvalue weighted by atomic mass is 19.1. The van der Waals surface area contributed by atoms with Gasteiger partial charge in [-0.05, 0) is 59.3 Å². The van der Waals surface area contributed by atoms with Crippen LogP contribution >= 0.6 is 0 Å². The number of benzene rings is 3. The van der Waals surface area contributed by atoms with Crippen LogP contribution < -0.4 is 15.0 Å². The summed E-state index contributed by atoms with van der Waals surface area (Å²) in [6.07, 6.45) is 1.65. The monoisotopic (exact) mass is 473 g/mol. The molecule has 1 fully saturated rings. The number of rotatable bonds is 8. The van der Waals surface area contributed by atoms with Gasteiger partial charge in [0.2, 0.25) is 0 Å². The number of hydrogen-bond acceptors (Lipinski definition) is 5. The van der Waals surface area contributed by atoms with Gasteiger partial charge in [0.25, 0.3) is 5.91 Å². The Morgan fingerprint density at radius 1 is 0.943 bits per heavy atom. The van der Waals surface area contributed by atoms with Crippen molar-refractivity contribution in [2.75, 3.05) is 44.2 Å². The molecule has 1 aliphatic rings. The van der Waals surface area contributed by atoms with Crippen LogP contribution in [0, 0.1) is 5.82 Å². The van der Waals surface area contributed by atoms with E-state index in [1.165, 1.54) is 12.1 Å². The lowest BCUT2D eigenvalue weighted by Crippen LogP contribution is -2.50. The summed E-state index contributed by atoms with van der Waals surface area (Å²) in [6, 6.07) is 24.2. The van der Waals surface area contributed by atoms with Crippen molar-refractivity contribution in [2.24, 2.45) is 0 Å². The molecular weight excluding hydrogens is 445 g/mol. The molecule has 0 aliphatic carbocycles. The molecule has 7 heteroatoms. The molecule has 0 spiro atoms. The molecule has 6 nitrogen and oxygen atoms in total. The average molecular weight is 474 g/mol. The minimum atomic E-state index is -0.231. The molecule has 4 aromatic rings. The van der Waals surface area contributed by atoms with Crippen LogP contribution in [0.1, 0.15) is 11.8 Å². The third-order valence-electron chi connectivity index (χ3n) is 6.40. The van der Waals surface area contributed by atoms with Crippen molar-refractivity contribution >= 4 is 22.4 Å². The summed E-state index contributed by atoms with van der Waals surface area (Å²) in [7, 11) is 0. The first-order chi connectivity index (χ1) is 17.2. The van der Waals surface area contributed by atoms with Gasteiger partial charge in [-0.25, -0.2) is 4.39 Å². The summed E-state index contributed by atoms with van der Waals surface area (Å²) in [6.45, 7) is 3.58. The molecule has 1 saturated heterocycles. The Morgan fingerprint density at radius 2 is 1.71 bits per heavy atom. The Hall–Kier alpha value is -3.84. The fourth-order valence-corrected chi connectivity index (χ4v) is 4.50. The maximum Gasteiger partial charge on any atom is 0.258 e. The smallest absolute Gasteiger partial charge is 0.258 e. The summed E-state index contributed by atoms with van der Waals surface area (Å²) in [5.41, 5.74) is 1.01. The summed E-state index contributed by atoms with van der Waals surface area (Å²) in [5, 5.41) is 5.21. The van der Waals surface area contributed by atoms with E-state index in [2.05, 4.69) is 15.1 Å². The van der Waals surface area contributed by atoms with E-state index in [1.807, 2.05) is 66.7 Å². The molecule has 1 aliphatic heterocycles. The molecule has 5 rings (SSSR count). The third-order valence-corrected chi connectivity index (χ3v) is 6.40. The van der Waals surface area contributed by atoms with Gasteiger partial charge in [-0.1, -0.05) is 30.3 Å². The Bertz CT molecular complexity index is 1250. The van der Waals surface area contributed by atoms with E-state index in [4.69, 9.17) is 9.15 Å². The maximum absolute atomic E-state index is 13.3. The van der Waals surface area contributed by atoms with Gasteiger partial charge >= 0.3 is 0 Å². The number of fused-ring (bicyclic) bond motifs is 1. The SMILES string of the molecule is O=C(COc1ccc2ccccc2c1)NCC(c1ccco1)N1CCN(c2ccc(F)cc2)CC1. The molecule has 1 amide bonds. The molecule has 0 saturated carbocycles. The lowest BCUT2D eigenvalue weighted by atomic mass is 10.1. The minimum absolute atomic E-state index is 0.0540. The number of halogens is 1. The summed E-state index contributed by atoms with van der Waals surface area (Å²) in [5.74, 6) is 1.07. The van der Waals surface area contributed by atoms with Crippen molar-refractivity contribution < 1.29 is 18.3 Å². The van der Waals surface area contributed by atoms with Crippen molar-refractivity contribution in [3.63, 3.8) is 0 Å². The van der Waals surface area contributed by atoms with Gasteiger partial charge in [-0.15, -0.1) is 0 Å². The van der Waals surface area contributed by atoms with Crippen molar-refractivity contribution in [1.29, 1.82) is 0 Å². The topological polar surface area (TPSA) is 58.0 Å². The normalized spacial score (nSPS) is 15.2. The molecule has 180 valence electrons. The first-order valence-corrected chi connectivity index (χ1v) is 11.8. The van der Waals surface area contributed by atoms with Gasteiger partial charge in [0, 0.05) is 38.4 Å². The van der Waals surface area contributed by atoms with Crippen LogP contribution in [0.3, 0.4) is 0 Å². The van der Waals surface area contributed by atoms with E-state index in [-0.39, 0.29) is 24.4 Å². The Balaban J connectivity index is 1.16. The van der Waals surface area contributed by atoms with Crippen molar-refractivity contribution in [3.8, 4) is 5.75 Å². The second-order valence-electron chi connectivity index (χ2n) is 8.63. The molecule has 0 radical (unpaired) electrons. The van der Waals surface area contributed by atoms with Crippen LogP contribution in [0.2, 0.25) is 0 Å². The third kappa shape index (κ3) is 5.63. The zero-order valence-electron chi connectivity index (χ0n) is 19.4. The number of amides is 1. The van der Waals surface area contributed by atoms with Gasteiger partial charge < -0.3 is 19.4 Å². The highest BCUT2D eigenvalue weighted by molar-refractivity contribution is 5.84. The second kappa shape index (κ2) is 10.6. The Kier molecular flexibility index (Phi) is 6.95. The van der Waals surface area contributed by atoms with E-state index in [9.17, 15) is 9.18 Å². The van der Waals surface area contributed by atoms with Crippen molar-refractivity contribution in [2.45, 2.75) is 6.04 Å². The number of carbonyl (C=O) groups is 1. The van der Waals surface area contributed by atoms with Crippen LogP contribution in [0.15, 0.2) is 89.5 Å². The van der Waals surface area contributed by atoms with Crippen LogP contribution in [0.25, 0.3) is 10.8 Å². The van der Waals surface area contributed by atoms with Gasteiger partial charge in [0.15, 0.2) is 6.61 Å². The second-order valence-corrected chi connectivity index (χ2v) is 8.63. The number of furan rings is 1. The highest BCUT2D eigenvalue weighted by Crippen LogP contribution is 2.25. The summed E-state index contributed by atoms with van der Waals surface area (Å²) >= 11 is 0. The van der Waals surface area contributed by atoms with Crippen molar-refractivity contribution in [3.05, 3.63) is 96.7 Å². The van der Waals surface area contributed by atoms with Gasteiger partial charge in [0.1, 0.15) is 17.3 Å². The largest absolute Gasteiger partial charge is 0.484 e. The standard InChI is InChI=1S/C28H28FN3O3/c29-23-8-10-24(11-9-23)31-13-15-32(16-14-31)26(27-6-3-17-34-27)19-30-28(33)20-35-25-12-7-21-4-1-2-5-22(21)18-25/h1-12,17-18,26H,13-16,19-20H2,(H,30,33). The molecule has 1 atom stereocenters. The number of anilines is 1. The molecule has 3 aromatic carbocycles. The van der Waals surface area contributed by atoms with Crippen molar-refractivity contribution in [1.82, 2.24) is 10.2 Å². The number of ether oxygens (including phenoxy) is 1. The van der Waals surface area contributed by atoms with Crippen LogP contribution in [0.4, 0.5) is 10.1 Å². The first-order valence-electron chi connectivity index (χ1n) is 11.8. The summed E-state index contributed by atoms with van der Waals surface area (Å²) < 4.78 is 24.7. The number of piperazine rings is 1. The lowest BCUT2D eigenvalue weighted by molar-refractivity contribution is -0.123. The molecule has 1 unspecified atom stereocenters. The zero-order chi connectivity index (χ0) is 24.0. The molecular formula is C28H28FN3O3. The molecule has 0 bridgehead atoms. The summed E-state index contributed by atoms with van der Waals surface area (Å²) in [4.78, 5) is 17.1. The van der Waals surface area contributed by atoms with Crippen LogP contribution in [-0.4, -0.2) is 50.1 Å². The fraction of sp³-hybridized carbons (Fsp3) is 0.250. The Morgan fingerprint density at radius 3 is 2.46 bits per heavy atom. The zero-order valence-corrected chi connectivity index (χ0v) is 19.4. The minimum Gasteiger partial charge on any atom is -0.484 e. The number of hydrogen-bond donors (Lipinski definition) is 1. The van der Waals surface area contributed by atoms with E-state index >= 15 is 0 Å². The van der Waals surface area contributed by atoms with Crippen LogP contribution in [0.5, 0.6) is 5.75 Å². The lowest BCUT2D eigenvalue weighted by Gasteiger charge is -2.39. The molecule has 1 N–H and O–H groups in total. The number of nitrogens with one attached hydrogen (secondary N) is 1. The van der Waals surface area contributed by atoms with E-state index < -0.39 is 0 Å². The van der Waals surface area contributed by atoms with Gasteiger partial charge in [-0.2, -0.15) is 0 Å². The highest BCUT2D eigenvalue weighted by Gasteiger charge is 2.27. The van der Waals surface area contributed by atoms with E-state index in [0.717, 1.165) is 48.4 Å². The predicted molar refractivity (Wildman–Crippen MR) is 134 cm³/mol. The molecule has 35 heavy (non-hydrogen) atoms. The molecule has 2 heterocycles. The number of nitrogens with zero attached hydrogens (tertiary/aromatic N) is 2. The van der Waals surface area contributed by atoms with E-state index in [1.54, 1.807) is 6.26 Å².